The molecule has 7 heteroatoms. The molecule has 1 fully saturated rings. The van der Waals surface area contributed by atoms with Crippen molar-refractivity contribution >= 4 is 12.0 Å². The molecule has 1 aliphatic rings. The lowest BCUT2D eigenvalue weighted by Gasteiger charge is -2.26. The number of esters is 1. The topological polar surface area (TPSA) is 81.0 Å². The lowest BCUT2D eigenvalue weighted by molar-refractivity contribution is -0.135. The Morgan fingerprint density at radius 3 is 2.73 bits per heavy atom. The molecule has 0 amide bonds. The van der Waals surface area contributed by atoms with Gasteiger partial charge in [0.05, 0.1) is 26.9 Å². The van der Waals surface area contributed by atoms with Gasteiger partial charge >= 0.3 is 5.97 Å². The first kappa shape index (κ1) is 19.8. The average molecular weight is 360 g/mol. The second kappa shape index (κ2) is 10.4. The first-order valence-electron chi connectivity index (χ1n) is 8.57. The molecular weight excluding hydrogens is 336 g/mol. The van der Waals surface area contributed by atoms with Crippen molar-refractivity contribution in [3.8, 4) is 17.6 Å². The first-order chi connectivity index (χ1) is 12.7. The van der Waals surface area contributed by atoms with Crippen LogP contribution in [-0.4, -0.2) is 64.0 Å². The van der Waals surface area contributed by atoms with E-state index in [1.165, 1.54) is 13.2 Å². The molecule has 1 aromatic carbocycles. The van der Waals surface area contributed by atoms with E-state index < -0.39 is 5.97 Å². The maximum Gasteiger partial charge on any atom is 0.348 e. The Labute approximate surface area is 153 Å². The molecule has 26 heavy (non-hydrogen) atoms. The van der Waals surface area contributed by atoms with Gasteiger partial charge in [-0.2, -0.15) is 5.26 Å². The molecule has 1 aromatic rings. The number of benzene rings is 1. The van der Waals surface area contributed by atoms with Gasteiger partial charge in [0.1, 0.15) is 18.2 Å². The van der Waals surface area contributed by atoms with Gasteiger partial charge in [0.25, 0.3) is 0 Å². The molecule has 2 rings (SSSR count). The highest BCUT2D eigenvalue weighted by molar-refractivity contribution is 5.97. The van der Waals surface area contributed by atoms with Gasteiger partial charge < -0.3 is 18.9 Å². The normalized spacial score (nSPS) is 15.2. The number of methoxy groups -OCH3 is 1. The van der Waals surface area contributed by atoms with Crippen molar-refractivity contribution < 1.29 is 23.7 Å². The Morgan fingerprint density at radius 1 is 1.31 bits per heavy atom. The standard InChI is InChI=1S/C19H24N2O5/c1-3-25-18-13-15(12-16(14-20)19(22)23-2)4-5-17(18)26-11-8-21-6-9-24-10-7-21/h4-5,12-13H,3,6-11H2,1-2H3/b16-12-. The maximum absolute atomic E-state index is 11.5. The van der Waals surface area contributed by atoms with E-state index in [0.717, 1.165) is 32.8 Å². The number of nitriles is 1. The molecule has 0 saturated carbocycles. The smallest absolute Gasteiger partial charge is 0.348 e. The van der Waals surface area contributed by atoms with Crippen LogP contribution in [0, 0.1) is 11.3 Å². The van der Waals surface area contributed by atoms with Crippen LogP contribution in [0.5, 0.6) is 11.5 Å². The molecule has 0 spiro atoms. The third-order valence-electron chi connectivity index (χ3n) is 3.87. The predicted octanol–water partition coefficient (Wildman–Crippen LogP) is 1.88. The molecule has 1 saturated heterocycles. The van der Waals surface area contributed by atoms with Crippen LogP contribution >= 0.6 is 0 Å². The molecule has 7 nitrogen and oxygen atoms in total. The van der Waals surface area contributed by atoms with Gasteiger partial charge in [-0.25, -0.2) is 4.79 Å². The van der Waals surface area contributed by atoms with Crippen LogP contribution in [0.2, 0.25) is 0 Å². The van der Waals surface area contributed by atoms with Crippen molar-refractivity contribution in [2.24, 2.45) is 0 Å². The molecule has 140 valence electrons. The number of hydrogen-bond acceptors (Lipinski definition) is 7. The monoisotopic (exact) mass is 360 g/mol. The zero-order chi connectivity index (χ0) is 18.8. The highest BCUT2D eigenvalue weighted by atomic mass is 16.5. The maximum atomic E-state index is 11.5. The van der Waals surface area contributed by atoms with Crippen LogP contribution in [-0.2, 0) is 14.3 Å². The Bertz CT molecular complexity index is 675. The molecule has 1 aliphatic heterocycles. The molecule has 0 bridgehead atoms. The summed E-state index contributed by atoms with van der Waals surface area (Å²) in [5.41, 5.74) is 0.590. The van der Waals surface area contributed by atoms with Gasteiger partial charge in [-0.1, -0.05) is 6.07 Å². The molecule has 0 aromatic heterocycles. The average Bonchev–Trinajstić information content (AvgIpc) is 2.68. The Balaban J connectivity index is 2.06. The van der Waals surface area contributed by atoms with Crippen molar-refractivity contribution in [1.29, 1.82) is 5.26 Å². The molecule has 1 heterocycles. The van der Waals surface area contributed by atoms with Crippen LogP contribution in [0.3, 0.4) is 0 Å². The van der Waals surface area contributed by atoms with Crippen molar-refractivity contribution in [3.63, 3.8) is 0 Å². The fourth-order valence-electron chi connectivity index (χ4n) is 2.52. The Morgan fingerprint density at radius 2 is 2.08 bits per heavy atom. The summed E-state index contributed by atoms with van der Waals surface area (Å²) in [5, 5.41) is 9.07. The highest BCUT2D eigenvalue weighted by Gasteiger charge is 2.13. The van der Waals surface area contributed by atoms with Gasteiger partial charge in [-0.3, -0.25) is 4.90 Å². The number of morpholine rings is 1. The van der Waals surface area contributed by atoms with Crippen LogP contribution < -0.4 is 9.47 Å². The van der Waals surface area contributed by atoms with E-state index in [4.69, 9.17) is 19.5 Å². The van der Waals surface area contributed by atoms with E-state index in [9.17, 15) is 4.79 Å². The third-order valence-corrected chi connectivity index (χ3v) is 3.87. The summed E-state index contributed by atoms with van der Waals surface area (Å²) in [4.78, 5) is 13.8. The summed E-state index contributed by atoms with van der Waals surface area (Å²) in [5.74, 6) is 0.538. The van der Waals surface area contributed by atoms with Gasteiger partial charge in [0.15, 0.2) is 11.5 Å². The van der Waals surface area contributed by atoms with E-state index in [1.54, 1.807) is 18.2 Å². The zero-order valence-electron chi connectivity index (χ0n) is 15.2. The van der Waals surface area contributed by atoms with Crippen LogP contribution in [0.15, 0.2) is 23.8 Å². The summed E-state index contributed by atoms with van der Waals surface area (Å²) < 4.78 is 21.4. The summed E-state index contributed by atoms with van der Waals surface area (Å²) >= 11 is 0. The summed E-state index contributed by atoms with van der Waals surface area (Å²) in [7, 11) is 1.24. The van der Waals surface area contributed by atoms with Crippen LogP contribution in [0.4, 0.5) is 0 Å². The van der Waals surface area contributed by atoms with Crippen LogP contribution in [0.25, 0.3) is 6.08 Å². The summed E-state index contributed by atoms with van der Waals surface area (Å²) in [6.07, 6.45) is 1.46. The fraction of sp³-hybridized carbons (Fsp3) is 0.474. The van der Waals surface area contributed by atoms with Crippen LogP contribution in [0.1, 0.15) is 12.5 Å². The number of hydrogen-bond donors (Lipinski definition) is 0. The third kappa shape index (κ3) is 5.76. The lowest BCUT2D eigenvalue weighted by Crippen LogP contribution is -2.38. The van der Waals surface area contributed by atoms with Crippen molar-refractivity contribution in [1.82, 2.24) is 4.90 Å². The zero-order valence-corrected chi connectivity index (χ0v) is 15.2. The largest absolute Gasteiger partial charge is 0.490 e. The number of ether oxygens (including phenoxy) is 4. The minimum atomic E-state index is -0.670. The molecule has 0 atom stereocenters. The first-order valence-corrected chi connectivity index (χ1v) is 8.57. The quantitative estimate of drug-likeness (QED) is 0.398. The van der Waals surface area contributed by atoms with Gasteiger partial charge in [0.2, 0.25) is 0 Å². The van der Waals surface area contributed by atoms with E-state index in [2.05, 4.69) is 9.64 Å². The van der Waals surface area contributed by atoms with Crippen molar-refractivity contribution in [2.45, 2.75) is 6.92 Å². The van der Waals surface area contributed by atoms with Crippen molar-refractivity contribution in [2.75, 3.05) is 53.2 Å². The fourth-order valence-corrected chi connectivity index (χ4v) is 2.52. The second-order valence-corrected chi connectivity index (χ2v) is 5.60. The van der Waals surface area contributed by atoms with Gasteiger partial charge in [0, 0.05) is 19.6 Å². The molecular formula is C19H24N2O5. The minimum absolute atomic E-state index is 0.0732. The van der Waals surface area contributed by atoms with E-state index in [1.807, 2.05) is 13.0 Å². The van der Waals surface area contributed by atoms with Gasteiger partial charge in [-0.15, -0.1) is 0 Å². The second-order valence-electron chi connectivity index (χ2n) is 5.60. The summed E-state index contributed by atoms with van der Waals surface area (Å²) in [6, 6.07) is 7.13. The number of nitrogens with zero attached hydrogens (tertiary/aromatic N) is 2. The van der Waals surface area contributed by atoms with E-state index in [-0.39, 0.29) is 5.57 Å². The van der Waals surface area contributed by atoms with Crippen molar-refractivity contribution in [3.05, 3.63) is 29.3 Å². The molecule has 0 radical (unpaired) electrons. The Hall–Kier alpha value is -2.56. The lowest BCUT2D eigenvalue weighted by atomic mass is 10.1. The highest BCUT2D eigenvalue weighted by Crippen LogP contribution is 2.29. The number of carbonyl (C=O) groups is 1. The number of carbonyl (C=O) groups excluding carboxylic acids is 1. The predicted molar refractivity (Wildman–Crippen MR) is 96.0 cm³/mol. The van der Waals surface area contributed by atoms with E-state index in [0.29, 0.717) is 30.3 Å². The SMILES string of the molecule is CCOc1cc(/C=C(/C#N)C(=O)OC)ccc1OCCN1CCOCC1. The Kier molecular flexibility index (Phi) is 7.93. The summed E-state index contributed by atoms with van der Waals surface area (Å²) in [6.45, 7) is 7.06. The minimum Gasteiger partial charge on any atom is -0.490 e. The number of rotatable bonds is 8. The molecule has 0 aliphatic carbocycles. The van der Waals surface area contributed by atoms with E-state index >= 15 is 0 Å². The molecule has 0 unspecified atom stereocenters. The molecule has 0 N–H and O–H groups in total. The van der Waals surface area contributed by atoms with Gasteiger partial charge in [-0.05, 0) is 30.7 Å².